The molecule has 0 spiro atoms. The van der Waals surface area contributed by atoms with Crippen LogP contribution in [0.3, 0.4) is 0 Å². The zero-order valence-electron chi connectivity index (χ0n) is 11.8. The van der Waals surface area contributed by atoms with E-state index in [-0.39, 0.29) is 6.01 Å². The monoisotopic (exact) mass is 336 g/mol. The van der Waals surface area contributed by atoms with Gasteiger partial charge >= 0.3 is 6.01 Å². The van der Waals surface area contributed by atoms with E-state index < -0.39 is 0 Å². The van der Waals surface area contributed by atoms with Crippen LogP contribution >= 0.6 is 15.9 Å². The van der Waals surface area contributed by atoms with Gasteiger partial charge in [-0.3, -0.25) is 0 Å². The third-order valence-corrected chi connectivity index (χ3v) is 3.41. The van der Waals surface area contributed by atoms with E-state index in [1.54, 1.807) is 6.07 Å². The van der Waals surface area contributed by atoms with Crippen LogP contribution in [0.5, 0.6) is 11.8 Å². The van der Waals surface area contributed by atoms with Crippen molar-refractivity contribution in [1.82, 2.24) is 15.2 Å². The first-order chi connectivity index (χ1) is 9.55. The highest BCUT2D eigenvalue weighted by Crippen LogP contribution is 2.32. The van der Waals surface area contributed by atoms with Crippen molar-refractivity contribution < 1.29 is 4.74 Å². The van der Waals surface area contributed by atoms with Gasteiger partial charge in [-0.05, 0) is 37.5 Å². The minimum absolute atomic E-state index is 0.233. The molecular formula is C14H17BrN4O. The van der Waals surface area contributed by atoms with Crippen molar-refractivity contribution >= 4 is 21.6 Å². The van der Waals surface area contributed by atoms with E-state index in [1.165, 1.54) is 0 Å². The van der Waals surface area contributed by atoms with Crippen LogP contribution in [-0.2, 0) is 12.8 Å². The first-order valence-electron chi connectivity index (χ1n) is 6.51. The molecule has 0 aliphatic heterocycles. The van der Waals surface area contributed by atoms with Gasteiger partial charge < -0.3 is 10.5 Å². The number of anilines is 1. The molecule has 0 unspecified atom stereocenters. The number of nitrogens with zero attached hydrogens (tertiary/aromatic N) is 3. The Balaban J connectivity index is 2.35. The predicted octanol–water partition coefficient (Wildman–Crippen LogP) is 3.44. The van der Waals surface area contributed by atoms with Gasteiger partial charge in [0.05, 0.1) is 17.1 Å². The molecule has 0 atom stereocenters. The molecule has 0 amide bonds. The van der Waals surface area contributed by atoms with Crippen molar-refractivity contribution in [2.24, 2.45) is 0 Å². The SMILES string of the molecule is CCc1nnc(Oc2c(C)cc(Br)cc2N)nc1CC. The summed E-state index contributed by atoms with van der Waals surface area (Å²) in [7, 11) is 0. The molecule has 20 heavy (non-hydrogen) atoms. The van der Waals surface area contributed by atoms with Crippen molar-refractivity contribution in [1.29, 1.82) is 0 Å². The van der Waals surface area contributed by atoms with Crippen LogP contribution in [0.15, 0.2) is 16.6 Å². The zero-order chi connectivity index (χ0) is 14.7. The molecule has 0 aliphatic rings. The minimum Gasteiger partial charge on any atom is -0.421 e. The van der Waals surface area contributed by atoms with Crippen LogP contribution in [-0.4, -0.2) is 15.2 Å². The molecule has 0 saturated carbocycles. The number of ether oxygens (including phenoxy) is 1. The van der Waals surface area contributed by atoms with Crippen LogP contribution in [0.1, 0.15) is 30.8 Å². The number of aromatic nitrogens is 3. The summed E-state index contributed by atoms with van der Waals surface area (Å²) in [5.41, 5.74) is 9.23. The Hall–Kier alpha value is -1.69. The van der Waals surface area contributed by atoms with Gasteiger partial charge in [0.2, 0.25) is 0 Å². The van der Waals surface area contributed by atoms with Gasteiger partial charge in [-0.2, -0.15) is 4.98 Å². The summed E-state index contributed by atoms with van der Waals surface area (Å²) in [5, 5.41) is 8.16. The third-order valence-electron chi connectivity index (χ3n) is 2.95. The van der Waals surface area contributed by atoms with Gasteiger partial charge in [-0.1, -0.05) is 34.9 Å². The molecule has 0 fully saturated rings. The van der Waals surface area contributed by atoms with Crippen LogP contribution in [0.25, 0.3) is 0 Å². The van der Waals surface area contributed by atoms with Crippen molar-refractivity contribution in [3.8, 4) is 11.8 Å². The number of nitrogens with two attached hydrogens (primary N) is 1. The smallest absolute Gasteiger partial charge is 0.341 e. The number of benzene rings is 1. The van der Waals surface area contributed by atoms with Crippen LogP contribution in [0, 0.1) is 6.92 Å². The maximum absolute atomic E-state index is 5.97. The van der Waals surface area contributed by atoms with Crippen molar-refractivity contribution in [3.63, 3.8) is 0 Å². The van der Waals surface area contributed by atoms with Gasteiger partial charge in [0, 0.05) is 4.47 Å². The summed E-state index contributed by atoms with van der Waals surface area (Å²) in [6.45, 7) is 5.99. The minimum atomic E-state index is 0.233. The molecule has 0 saturated heterocycles. The average Bonchev–Trinajstić information content (AvgIpc) is 2.42. The molecule has 2 N–H and O–H groups in total. The summed E-state index contributed by atoms with van der Waals surface area (Å²) in [6.07, 6.45) is 1.60. The van der Waals surface area contributed by atoms with E-state index in [1.807, 2.05) is 26.8 Å². The molecule has 106 valence electrons. The molecule has 0 radical (unpaired) electrons. The summed E-state index contributed by atoms with van der Waals surface area (Å²) in [5.74, 6) is 0.571. The largest absolute Gasteiger partial charge is 0.421 e. The first kappa shape index (κ1) is 14.7. The number of hydrogen-bond donors (Lipinski definition) is 1. The topological polar surface area (TPSA) is 73.9 Å². The highest BCUT2D eigenvalue weighted by molar-refractivity contribution is 9.10. The van der Waals surface area contributed by atoms with Gasteiger partial charge in [0.15, 0.2) is 5.75 Å². The lowest BCUT2D eigenvalue weighted by molar-refractivity contribution is 0.427. The molecule has 2 aromatic rings. The van der Waals surface area contributed by atoms with Crippen LogP contribution in [0.2, 0.25) is 0 Å². The van der Waals surface area contributed by atoms with E-state index >= 15 is 0 Å². The quantitative estimate of drug-likeness (QED) is 0.865. The molecule has 5 nitrogen and oxygen atoms in total. The second kappa shape index (κ2) is 6.17. The fraction of sp³-hybridized carbons (Fsp3) is 0.357. The van der Waals surface area contributed by atoms with Crippen LogP contribution < -0.4 is 10.5 Å². The van der Waals surface area contributed by atoms with Gasteiger partial charge in [0.1, 0.15) is 0 Å². The van der Waals surface area contributed by atoms with Gasteiger partial charge in [-0.25, -0.2) is 0 Å². The number of nitrogen functional groups attached to an aromatic ring is 1. The number of halogens is 1. The summed E-state index contributed by atoms with van der Waals surface area (Å²) < 4.78 is 6.62. The molecule has 0 bridgehead atoms. The number of hydrogen-bond acceptors (Lipinski definition) is 5. The van der Waals surface area contributed by atoms with Crippen molar-refractivity contribution in [3.05, 3.63) is 33.6 Å². The molecular weight excluding hydrogens is 320 g/mol. The van der Waals surface area contributed by atoms with E-state index in [0.717, 1.165) is 34.3 Å². The second-order valence-electron chi connectivity index (χ2n) is 4.44. The highest BCUT2D eigenvalue weighted by atomic mass is 79.9. The van der Waals surface area contributed by atoms with Crippen LogP contribution in [0.4, 0.5) is 5.69 Å². The van der Waals surface area contributed by atoms with Gasteiger partial charge in [-0.15, -0.1) is 5.10 Å². The molecule has 1 heterocycles. The lowest BCUT2D eigenvalue weighted by Gasteiger charge is -2.11. The third kappa shape index (κ3) is 3.07. The maximum atomic E-state index is 5.97. The number of aryl methyl sites for hydroxylation is 3. The van der Waals surface area contributed by atoms with Crippen molar-refractivity contribution in [2.45, 2.75) is 33.6 Å². The van der Waals surface area contributed by atoms with Crippen molar-refractivity contribution in [2.75, 3.05) is 5.73 Å². The summed E-state index contributed by atoms with van der Waals surface area (Å²) in [4.78, 5) is 4.40. The molecule has 6 heteroatoms. The Morgan fingerprint density at radius 3 is 2.45 bits per heavy atom. The van der Waals surface area contributed by atoms with E-state index in [9.17, 15) is 0 Å². The summed E-state index contributed by atoms with van der Waals surface area (Å²) in [6, 6.07) is 3.95. The Kier molecular flexibility index (Phi) is 4.54. The molecule has 1 aromatic heterocycles. The first-order valence-corrected chi connectivity index (χ1v) is 7.30. The average molecular weight is 337 g/mol. The lowest BCUT2D eigenvalue weighted by Crippen LogP contribution is -2.05. The molecule has 1 aromatic carbocycles. The van der Waals surface area contributed by atoms with E-state index in [2.05, 4.69) is 31.1 Å². The van der Waals surface area contributed by atoms with Gasteiger partial charge in [0.25, 0.3) is 0 Å². The Morgan fingerprint density at radius 2 is 1.85 bits per heavy atom. The highest BCUT2D eigenvalue weighted by Gasteiger charge is 2.12. The second-order valence-corrected chi connectivity index (χ2v) is 5.35. The summed E-state index contributed by atoms with van der Waals surface area (Å²) >= 11 is 3.40. The van der Waals surface area contributed by atoms with E-state index in [4.69, 9.17) is 10.5 Å². The predicted molar refractivity (Wildman–Crippen MR) is 81.9 cm³/mol. The molecule has 2 rings (SSSR count). The number of rotatable bonds is 4. The van der Waals surface area contributed by atoms with E-state index in [0.29, 0.717) is 11.4 Å². The fourth-order valence-corrected chi connectivity index (χ4v) is 2.54. The Bertz CT molecular complexity index is 608. The fourth-order valence-electron chi connectivity index (χ4n) is 1.95. The molecule has 0 aliphatic carbocycles. The maximum Gasteiger partial charge on any atom is 0.341 e. The lowest BCUT2D eigenvalue weighted by atomic mass is 10.2. The zero-order valence-corrected chi connectivity index (χ0v) is 13.4. The Labute approximate surface area is 126 Å². The normalized spacial score (nSPS) is 10.6. The Morgan fingerprint density at radius 1 is 1.15 bits per heavy atom. The standard InChI is InChI=1S/C14H17BrN4O/c1-4-11-12(5-2)18-19-14(17-11)20-13-8(3)6-9(15)7-10(13)16/h6-7H,4-5,16H2,1-3H3.